The van der Waals surface area contributed by atoms with Crippen LogP contribution in [0.2, 0.25) is 0 Å². The second-order valence-corrected chi connectivity index (χ2v) is 13.1. The maximum absolute atomic E-state index is 2.75. The Morgan fingerprint density at radius 1 is 0.767 bits per heavy atom. The Kier molecular flexibility index (Phi) is 8.10. The fourth-order valence-corrected chi connectivity index (χ4v) is 9.50. The van der Waals surface area contributed by atoms with Gasteiger partial charge in [0.15, 0.2) is 0 Å². The molecule has 9 atom stereocenters. The lowest BCUT2D eigenvalue weighted by Gasteiger charge is -2.61. The second-order valence-electron chi connectivity index (χ2n) is 13.1. The highest BCUT2D eigenvalue weighted by atomic mass is 14.6. The maximum atomic E-state index is 2.75. The molecular formula is C30H56. The quantitative estimate of drug-likeness (QED) is 0.418. The normalized spacial score (nSPS) is 46.3. The highest BCUT2D eigenvalue weighted by molar-refractivity contribution is 5.09. The van der Waals surface area contributed by atoms with E-state index in [1.54, 1.807) is 44.9 Å². The summed E-state index contributed by atoms with van der Waals surface area (Å²) in [4.78, 5) is 0. The van der Waals surface area contributed by atoms with Crippen LogP contribution in [0.4, 0.5) is 0 Å². The van der Waals surface area contributed by atoms with Gasteiger partial charge in [-0.15, -0.1) is 0 Å². The monoisotopic (exact) mass is 416 g/mol. The molecule has 4 saturated carbocycles. The largest absolute Gasteiger partial charge is 0.0683 e. The Morgan fingerprint density at radius 2 is 1.43 bits per heavy atom. The molecule has 0 radical (unpaired) electrons. The van der Waals surface area contributed by atoms with E-state index in [-0.39, 0.29) is 0 Å². The first-order valence-electron chi connectivity index (χ1n) is 14.3. The minimum absolute atomic E-state index is 0.670. The van der Waals surface area contributed by atoms with E-state index in [1.807, 2.05) is 13.8 Å². The molecule has 176 valence electrons. The van der Waals surface area contributed by atoms with Crippen molar-refractivity contribution in [3.8, 4) is 0 Å². The van der Waals surface area contributed by atoms with Crippen molar-refractivity contribution < 1.29 is 0 Å². The zero-order valence-corrected chi connectivity index (χ0v) is 22.1. The lowest BCUT2D eigenvalue weighted by atomic mass is 9.44. The Hall–Kier alpha value is 0. The van der Waals surface area contributed by atoms with Crippen molar-refractivity contribution in [1.82, 2.24) is 0 Å². The van der Waals surface area contributed by atoms with E-state index < -0.39 is 0 Å². The van der Waals surface area contributed by atoms with E-state index >= 15 is 0 Å². The molecule has 4 aliphatic rings. The smallest absolute Gasteiger partial charge is 0.0264 e. The van der Waals surface area contributed by atoms with Gasteiger partial charge in [0, 0.05) is 0 Å². The Balaban J connectivity index is 0.00000124. The van der Waals surface area contributed by atoms with Crippen LogP contribution in [0.5, 0.6) is 0 Å². The predicted molar refractivity (Wildman–Crippen MR) is 134 cm³/mol. The molecule has 0 aromatic heterocycles. The minimum atomic E-state index is 0.670. The zero-order valence-electron chi connectivity index (χ0n) is 22.1. The topological polar surface area (TPSA) is 0 Å². The van der Waals surface area contributed by atoms with Gasteiger partial charge in [0.25, 0.3) is 0 Å². The van der Waals surface area contributed by atoms with Crippen molar-refractivity contribution in [2.45, 2.75) is 132 Å². The maximum Gasteiger partial charge on any atom is -0.0264 e. The van der Waals surface area contributed by atoms with Gasteiger partial charge in [-0.3, -0.25) is 0 Å². The SMILES string of the molecule is CC.CC(C)CCC[C@@H](C)[C@H]1CCC2C3CCC4C[C@@H](C)CC[C@]4(C)C3CC[C@@]21C. The third kappa shape index (κ3) is 4.41. The summed E-state index contributed by atoms with van der Waals surface area (Å²) in [6.07, 6.45) is 18.3. The van der Waals surface area contributed by atoms with Gasteiger partial charge in [0.2, 0.25) is 0 Å². The van der Waals surface area contributed by atoms with Gasteiger partial charge in [0.05, 0.1) is 0 Å². The summed E-state index contributed by atoms with van der Waals surface area (Å²) < 4.78 is 0. The van der Waals surface area contributed by atoms with Crippen LogP contribution in [0.3, 0.4) is 0 Å². The molecule has 0 heteroatoms. The van der Waals surface area contributed by atoms with Crippen LogP contribution in [-0.4, -0.2) is 0 Å². The molecule has 4 aliphatic carbocycles. The number of hydrogen-bond acceptors (Lipinski definition) is 0. The first kappa shape index (κ1) is 24.6. The third-order valence-electron chi connectivity index (χ3n) is 11.1. The molecule has 0 aliphatic heterocycles. The van der Waals surface area contributed by atoms with E-state index in [0.29, 0.717) is 10.8 Å². The average molecular weight is 417 g/mol. The van der Waals surface area contributed by atoms with E-state index in [0.717, 1.165) is 47.3 Å². The highest BCUT2D eigenvalue weighted by Gasteiger charge is 2.60. The van der Waals surface area contributed by atoms with Crippen molar-refractivity contribution in [3.63, 3.8) is 0 Å². The Labute approximate surface area is 190 Å². The van der Waals surface area contributed by atoms with E-state index in [2.05, 4.69) is 41.5 Å². The standard InChI is InChI=1S/C28H50.C2H6/c1-19(2)8-7-9-21(4)24-12-13-25-23-11-10-22-18-20(3)14-16-27(22,5)26(23)15-17-28(24,25)6;1-2/h19-26H,7-18H2,1-6H3;1-2H3/t20-,21+,22?,23?,24+,25?,26?,27-,28+;/m0./s1. The van der Waals surface area contributed by atoms with Crippen LogP contribution < -0.4 is 0 Å². The molecule has 0 aromatic carbocycles. The van der Waals surface area contributed by atoms with E-state index in [9.17, 15) is 0 Å². The molecule has 0 saturated heterocycles. The summed E-state index contributed by atoms with van der Waals surface area (Å²) in [5, 5.41) is 0. The molecule has 0 heterocycles. The fourth-order valence-electron chi connectivity index (χ4n) is 9.50. The molecule has 0 nitrogen and oxygen atoms in total. The van der Waals surface area contributed by atoms with Gasteiger partial charge >= 0.3 is 0 Å². The van der Waals surface area contributed by atoms with Gasteiger partial charge < -0.3 is 0 Å². The van der Waals surface area contributed by atoms with Gasteiger partial charge in [-0.05, 0) is 110 Å². The van der Waals surface area contributed by atoms with Crippen LogP contribution >= 0.6 is 0 Å². The summed E-state index contributed by atoms with van der Waals surface area (Å²) in [6, 6.07) is 0. The van der Waals surface area contributed by atoms with Gasteiger partial charge in [-0.25, -0.2) is 0 Å². The lowest BCUT2D eigenvalue weighted by molar-refractivity contribution is -0.120. The van der Waals surface area contributed by atoms with E-state index in [4.69, 9.17) is 0 Å². The third-order valence-corrected chi connectivity index (χ3v) is 11.1. The molecule has 4 unspecified atom stereocenters. The summed E-state index contributed by atoms with van der Waals surface area (Å²) >= 11 is 0. The average Bonchev–Trinajstić information content (AvgIpc) is 3.07. The van der Waals surface area contributed by atoms with Gasteiger partial charge in [-0.1, -0.05) is 81.1 Å². The van der Waals surface area contributed by atoms with Crippen LogP contribution in [-0.2, 0) is 0 Å². The van der Waals surface area contributed by atoms with Crippen molar-refractivity contribution in [2.75, 3.05) is 0 Å². The van der Waals surface area contributed by atoms with Crippen molar-refractivity contribution in [2.24, 2.45) is 58.2 Å². The van der Waals surface area contributed by atoms with Crippen LogP contribution in [0.15, 0.2) is 0 Å². The molecule has 0 N–H and O–H groups in total. The van der Waals surface area contributed by atoms with Gasteiger partial charge in [-0.2, -0.15) is 0 Å². The Morgan fingerprint density at radius 3 is 2.13 bits per heavy atom. The molecule has 0 spiro atoms. The summed E-state index contributed by atoms with van der Waals surface area (Å²) in [6.45, 7) is 19.4. The summed E-state index contributed by atoms with van der Waals surface area (Å²) in [5.74, 6) is 8.08. The zero-order chi connectivity index (χ0) is 22.1. The van der Waals surface area contributed by atoms with Gasteiger partial charge in [0.1, 0.15) is 0 Å². The molecule has 0 aromatic rings. The molecule has 0 amide bonds. The van der Waals surface area contributed by atoms with Crippen molar-refractivity contribution in [3.05, 3.63) is 0 Å². The predicted octanol–water partition coefficient (Wildman–Crippen LogP) is 9.77. The highest BCUT2D eigenvalue weighted by Crippen LogP contribution is 2.68. The lowest BCUT2D eigenvalue weighted by Crippen LogP contribution is -2.53. The first-order valence-corrected chi connectivity index (χ1v) is 14.3. The molecule has 0 bridgehead atoms. The van der Waals surface area contributed by atoms with E-state index in [1.165, 1.54) is 32.1 Å². The second kappa shape index (κ2) is 9.87. The molecular weight excluding hydrogens is 360 g/mol. The molecule has 4 fully saturated rings. The number of rotatable bonds is 5. The number of hydrogen-bond donors (Lipinski definition) is 0. The fraction of sp³-hybridized carbons (Fsp3) is 1.00. The van der Waals surface area contributed by atoms with Crippen molar-refractivity contribution >= 4 is 0 Å². The van der Waals surface area contributed by atoms with Crippen molar-refractivity contribution in [1.29, 1.82) is 0 Å². The summed E-state index contributed by atoms with van der Waals surface area (Å²) in [5.41, 5.74) is 1.36. The minimum Gasteiger partial charge on any atom is -0.0683 e. The molecule has 30 heavy (non-hydrogen) atoms. The summed E-state index contributed by atoms with van der Waals surface area (Å²) in [7, 11) is 0. The van der Waals surface area contributed by atoms with Crippen LogP contribution in [0, 0.1) is 58.2 Å². The van der Waals surface area contributed by atoms with Crippen LogP contribution in [0.25, 0.3) is 0 Å². The Bertz CT molecular complexity index is 534. The van der Waals surface area contributed by atoms with Crippen LogP contribution in [0.1, 0.15) is 132 Å². The number of fused-ring (bicyclic) bond motifs is 5. The molecule has 4 rings (SSSR count). The first-order chi connectivity index (χ1) is 14.3.